The molecule has 2 N–H and O–H groups in total. The van der Waals surface area contributed by atoms with E-state index in [0.717, 1.165) is 18.8 Å². The molecule has 2 unspecified atom stereocenters. The quantitative estimate of drug-likeness (QED) is 0.325. The summed E-state index contributed by atoms with van der Waals surface area (Å²) in [5, 5.41) is 14.2. The topological polar surface area (TPSA) is 104 Å². The van der Waals surface area contributed by atoms with Gasteiger partial charge in [-0.2, -0.15) is 4.98 Å². The number of piperidine rings is 1. The normalized spacial score (nSPS) is 19.2. The number of nitrogens with one attached hydrogen (secondary N) is 1. The van der Waals surface area contributed by atoms with Crippen LogP contribution in [-0.2, 0) is 12.1 Å². The number of fused-ring (bicyclic) bond motifs is 3. The Bertz CT molecular complexity index is 1600. The highest BCUT2D eigenvalue weighted by atomic mass is 16.3. The van der Waals surface area contributed by atoms with Gasteiger partial charge in [0.2, 0.25) is 5.95 Å². The number of nitrogens with zero attached hydrogens (tertiary/aromatic N) is 7. The van der Waals surface area contributed by atoms with Crippen molar-refractivity contribution in [3.63, 3.8) is 0 Å². The van der Waals surface area contributed by atoms with E-state index >= 15 is 0 Å². The van der Waals surface area contributed by atoms with E-state index in [9.17, 15) is 9.90 Å². The van der Waals surface area contributed by atoms with Crippen LogP contribution in [0.15, 0.2) is 66.1 Å². The molecule has 1 aromatic carbocycles. The molecule has 40 heavy (non-hydrogen) atoms. The van der Waals surface area contributed by atoms with Crippen molar-refractivity contribution in [2.24, 2.45) is 0 Å². The maximum absolute atomic E-state index is 13.2. The average molecular weight is 541 g/mol. The van der Waals surface area contributed by atoms with Crippen LogP contribution in [0.4, 0.5) is 17.3 Å². The zero-order chi connectivity index (χ0) is 28.2. The molecule has 0 aliphatic carbocycles. The van der Waals surface area contributed by atoms with Gasteiger partial charge in [0.05, 0.1) is 12.2 Å². The van der Waals surface area contributed by atoms with E-state index in [-0.39, 0.29) is 12.1 Å². The summed E-state index contributed by atoms with van der Waals surface area (Å²) in [5.74, 6) is 0.841. The first-order valence-corrected chi connectivity index (χ1v) is 13.8. The summed E-state index contributed by atoms with van der Waals surface area (Å²) in [6.45, 7) is 14.1. The fraction of sp³-hybridized carbons (Fsp3) is 0.400. The Morgan fingerprint density at radius 3 is 2.50 bits per heavy atom. The molecule has 208 valence electrons. The molecular weight excluding hydrogens is 504 g/mol. The van der Waals surface area contributed by atoms with Crippen LogP contribution in [0.3, 0.4) is 0 Å². The van der Waals surface area contributed by atoms with Gasteiger partial charge in [0.25, 0.3) is 5.56 Å². The molecule has 6 heterocycles. The zero-order valence-electron chi connectivity index (χ0n) is 23.4. The third-order valence-electron chi connectivity index (χ3n) is 7.89. The molecule has 3 aliphatic heterocycles. The predicted octanol–water partition coefficient (Wildman–Crippen LogP) is 3.81. The molecule has 2 atom stereocenters. The fourth-order valence-electron chi connectivity index (χ4n) is 6.07. The summed E-state index contributed by atoms with van der Waals surface area (Å²) in [6, 6.07) is 15.6. The van der Waals surface area contributed by atoms with Gasteiger partial charge in [-0.3, -0.25) is 9.69 Å². The Kier molecular flexibility index (Phi) is 6.47. The molecule has 10 heteroatoms. The van der Waals surface area contributed by atoms with Crippen molar-refractivity contribution in [2.45, 2.75) is 64.4 Å². The van der Waals surface area contributed by atoms with E-state index in [0.29, 0.717) is 46.6 Å². The Morgan fingerprint density at radius 2 is 1.85 bits per heavy atom. The molecule has 3 fully saturated rings. The lowest BCUT2D eigenvalue weighted by atomic mass is 9.85. The van der Waals surface area contributed by atoms with Crippen LogP contribution >= 0.6 is 0 Å². The smallest absolute Gasteiger partial charge is 0.278 e. The number of pyridine rings is 1. The molecule has 0 amide bonds. The van der Waals surface area contributed by atoms with Crippen molar-refractivity contribution in [2.75, 3.05) is 23.3 Å². The lowest BCUT2D eigenvalue weighted by Crippen LogP contribution is -2.70. The van der Waals surface area contributed by atoms with Crippen LogP contribution in [0.2, 0.25) is 0 Å². The van der Waals surface area contributed by atoms with Crippen LogP contribution in [0.25, 0.3) is 16.9 Å². The SMILES string of the molecule is C=CCn1c(=O)c2cnc(Nc3ccc(N4CC5CC(C4)N5C(C)C)cc3)nc2n1-c1cccc(C(C)(C)O)n1. The van der Waals surface area contributed by atoms with Crippen LogP contribution < -0.4 is 15.8 Å². The second-order valence-electron chi connectivity index (χ2n) is 11.5. The molecule has 2 bridgehead atoms. The highest BCUT2D eigenvalue weighted by Crippen LogP contribution is 2.36. The Labute approximate surface area is 233 Å². The minimum absolute atomic E-state index is 0.239. The molecule has 7 rings (SSSR count). The average Bonchev–Trinajstić information content (AvgIpc) is 3.19. The lowest BCUT2D eigenvalue weighted by molar-refractivity contribution is -0.0270. The van der Waals surface area contributed by atoms with Gasteiger partial charge in [0, 0.05) is 48.8 Å². The fourth-order valence-corrected chi connectivity index (χ4v) is 6.07. The summed E-state index contributed by atoms with van der Waals surface area (Å²) in [4.78, 5) is 32.1. The summed E-state index contributed by atoms with van der Waals surface area (Å²) in [7, 11) is 0. The first kappa shape index (κ1) is 26.2. The number of hydrogen-bond acceptors (Lipinski definition) is 8. The monoisotopic (exact) mass is 540 g/mol. The van der Waals surface area contributed by atoms with E-state index in [1.165, 1.54) is 23.0 Å². The number of allylic oxidation sites excluding steroid dienone is 1. The summed E-state index contributed by atoms with van der Waals surface area (Å²) >= 11 is 0. The summed E-state index contributed by atoms with van der Waals surface area (Å²) in [6.07, 6.45) is 4.49. The number of benzene rings is 1. The Morgan fingerprint density at radius 1 is 1.12 bits per heavy atom. The van der Waals surface area contributed by atoms with Gasteiger partial charge in [0.1, 0.15) is 11.0 Å². The van der Waals surface area contributed by atoms with E-state index < -0.39 is 5.60 Å². The van der Waals surface area contributed by atoms with Crippen LogP contribution in [-0.4, -0.2) is 65.5 Å². The highest BCUT2D eigenvalue weighted by molar-refractivity contribution is 5.77. The van der Waals surface area contributed by atoms with Gasteiger partial charge in [-0.15, -0.1) is 6.58 Å². The molecule has 10 nitrogen and oxygen atoms in total. The van der Waals surface area contributed by atoms with E-state index in [1.54, 1.807) is 42.8 Å². The van der Waals surface area contributed by atoms with Gasteiger partial charge in [-0.05, 0) is 70.5 Å². The van der Waals surface area contributed by atoms with Crippen molar-refractivity contribution in [3.8, 4) is 5.82 Å². The van der Waals surface area contributed by atoms with Crippen molar-refractivity contribution in [1.29, 1.82) is 0 Å². The second kappa shape index (κ2) is 9.87. The van der Waals surface area contributed by atoms with Crippen molar-refractivity contribution >= 4 is 28.4 Å². The number of aliphatic hydroxyl groups is 1. The lowest BCUT2D eigenvalue weighted by Gasteiger charge is -2.58. The predicted molar refractivity (Wildman–Crippen MR) is 157 cm³/mol. The molecular formula is C30H36N8O2. The van der Waals surface area contributed by atoms with Gasteiger partial charge in [-0.25, -0.2) is 19.3 Å². The zero-order valence-corrected chi connectivity index (χ0v) is 23.4. The number of anilines is 3. The van der Waals surface area contributed by atoms with Gasteiger partial charge in [-0.1, -0.05) is 12.1 Å². The summed E-state index contributed by atoms with van der Waals surface area (Å²) in [5.41, 5.74) is 1.60. The third-order valence-corrected chi connectivity index (χ3v) is 7.89. The highest BCUT2D eigenvalue weighted by Gasteiger charge is 2.45. The van der Waals surface area contributed by atoms with E-state index in [4.69, 9.17) is 4.98 Å². The van der Waals surface area contributed by atoms with Crippen molar-refractivity contribution in [1.82, 2.24) is 29.2 Å². The minimum atomic E-state index is -1.14. The van der Waals surface area contributed by atoms with Crippen molar-refractivity contribution < 1.29 is 5.11 Å². The van der Waals surface area contributed by atoms with E-state index in [2.05, 4.69) is 57.6 Å². The maximum Gasteiger partial charge on any atom is 0.278 e. The number of piperazine rings is 1. The molecule has 3 aromatic heterocycles. The van der Waals surface area contributed by atoms with Gasteiger partial charge < -0.3 is 15.3 Å². The minimum Gasteiger partial charge on any atom is -0.384 e. The molecule has 3 saturated heterocycles. The number of aromatic nitrogens is 5. The number of rotatable bonds is 8. The second-order valence-corrected chi connectivity index (χ2v) is 11.5. The third kappa shape index (κ3) is 4.56. The first-order valence-electron chi connectivity index (χ1n) is 13.8. The molecule has 3 aliphatic rings. The Hall–Kier alpha value is -4.02. The van der Waals surface area contributed by atoms with Gasteiger partial charge >= 0.3 is 0 Å². The van der Waals surface area contributed by atoms with Gasteiger partial charge in [0.15, 0.2) is 11.5 Å². The van der Waals surface area contributed by atoms with Crippen LogP contribution in [0.5, 0.6) is 0 Å². The van der Waals surface area contributed by atoms with Crippen LogP contribution in [0, 0.1) is 0 Å². The Balaban J connectivity index is 1.29. The first-order chi connectivity index (χ1) is 19.1. The largest absolute Gasteiger partial charge is 0.384 e. The summed E-state index contributed by atoms with van der Waals surface area (Å²) < 4.78 is 3.18. The molecule has 0 spiro atoms. The molecule has 0 saturated carbocycles. The molecule has 0 radical (unpaired) electrons. The standard InChI is InChI=1S/C30H36N8O2/c1-6-14-36-28(39)24-16-31-29(34-27(24)38(36)26-9-7-8-25(33-26)30(4,5)40)32-20-10-12-21(13-11-20)35-17-22-15-23(18-35)37(22)19(2)3/h6-13,16,19,22-23,40H,1,14-15,17-18H2,2-5H3,(H,31,32,34). The van der Waals surface area contributed by atoms with E-state index in [1.807, 2.05) is 12.1 Å². The van der Waals surface area contributed by atoms with Crippen LogP contribution in [0.1, 0.15) is 39.8 Å². The van der Waals surface area contributed by atoms with Crippen molar-refractivity contribution in [3.05, 3.63) is 77.4 Å². The maximum atomic E-state index is 13.2. The number of hydrogen-bond donors (Lipinski definition) is 2. The molecule has 4 aromatic rings.